The Morgan fingerprint density at radius 2 is 2.21 bits per heavy atom. The minimum atomic E-state index is -0.184. The van der Waals surface area contributed by atoms with E-state index in [1.54, 1.807) is 11.3 Å². The Hall–Kier alpha value is -1.14. The normalized spacial score (nSPS) is 18.4. The first-order valence-corrected chi connectivity index (χ1v) is 9.10. The fraction of sp³-hybridized carbons (Fsp3) is 0.500. The molecule has 1 aliphatic rings. The van der Waals surface area contributed by atoms with Crippen molar-refractivity contribution in [3.8, 4) is 10.4 Å². The molecule has 0 spiro atoms. The Labute approximate surface area is 152 Å². The topological polar surface area (TPSA) is 56.3 Å². The van der Waals surface area contributed by atoms with Gasteiger partial charge in [0.25, 0.3) is 5.56 Å². The van der Waals surface area contributed by atoms with Crippen molar-refractivity contribution in [1.29, 1.82) is 0 Å². The maximum absolute atomic E-state index is 11.9. The third kappa shape index (κ3) is 4.28. The van der Waals surface area contributed by atoms with Crippen LogP contribution in [-0.2, 0) is 13.0 Å². The molecule has 132 valence electrons. The van der Waals surface area contributed by atoms with Crippen LogP contribution in [0, 0.1) is 6.92 Å². The van der Waals surface area contributed by atoms with Crippen LogP contribution in [0.2, 0.25) is 0 Å². The molecule has 0 aromatic carbocycles. The van der Waals surface area contributed by atoms with E-state index in [1.165, 1.54) is 9.75 Å². The molecular weight excluding hydrogens is 344 g/mol. The summed E-state index contributed by atoms with van der Waals surface area (Å²) in [7, 11) is 0. The Kier molecular flexibility index (Phi) is 6.63. The minimum Gasteiger partial charge on any atom is -0.392 e. The number of pyridine rings is 1. The van der Waals surface area contributed by atoms with Gasteiger partial charge in [-0.3, -0.25) is 9.69 Å². The molecule has 0 radical (unpaired) electrons. The van der Waals surface area contributed by atoms with E-state index in [0.717, 1.165) is 55.7 Å². The number of nitrogens with zero attached hydrogens (tertiary/aromatic N) is 1. The minimum absolute atomic E-state index is 0. The molecule has 1 fully saturated rings. The molecule has 0 bridgehead atoms. The van der Waals surface area contributed by atoms with Crippen LogP contribution in [0.5, 0.6) is 0 Å². The molecule has 2 N–H and O–H groups in total. The summed E-state index contributed by atoms with van der Waals surface area (Å²) >= 11 is 1.77. The van der Waals surface area contributed by atoms with Crippen LogP contribution in [-0.4, -0.2) is 34.2 Å². The number of aromatic amines is 1. The van der Waals surface area contributed by atoms with E-state index < -0.39 is 0 Å². The van der Waals surface area contributed by atoms with Crippen LogP contribution in [0.25, 0.3) is 10.4 Å². The van der Waals surface area contributed by atoms with Crippen LogP contribution < -0.4 is 5.56 Å². The van der Waals surface area contributed by atoms with Crippen LogP contribution in [0.15, 0.2) is 23.0 Å². The number of thiophene rings is 1. The fourth-order valence-corrected chi connectivity index (χ4v) is 4.31. The molecule has 1 unspecified atom stereocenters. The number of aliphatic hydroxyl groups is 1. The summed E-state index contributed by atoms with van der Waals surface area (Å²) in [6.45, 7) is 6.68. The van der Waals surface area contributed by atoms with Gasteiger partial charge in [0.15, 0.2) is 0 Å². The van der Waals surface area contributed by atoms with E-state index in [4.69, 9.17) is 0 Å². The highest BCUT2D eigenvalue weighted by Crippen LogP contribution is 2.31. The summed E-state index contributed by atoms with van der Waals surface area (Å²) in [6.07, 6.45) is 2.55. The highest BCUT2D eigenvalue weighted by atomic mass is 35.5. The fourth-order valence-electron chi connectivity index (χ4n) is 3.19. The Morgan fingerprint density at radius 3 is 2.92 bits per heavy atom. The van der Waals surface area contributed by atoms with Gasteiger partial charge in [-0.25, -0.2) is 0 Å². The van der Waals surface area contributed by atoms with E-state index in [2.05, 4.69) is 22.0 Å². The number of H-pyrrole nitrogens is 1. The van der Waals surface area contributed by atoms with Gasteiger partial charge in [-0.15, -0.1) is 23.7 Å². The molecule has 1 aliphatic heterocycles. The molecule has 3 heterocycles. The van der Waals surface area contributed by atoms with Gasteiger partial charge in [0.1, 0.15) is 0 Å². The second-order valence-electron chi connectivity index (χ2n) is 6.31. The van der Waals surface area contributed by atoms with Crippen molar-refractivity contribution in [2.24, 2.45) is 0 Å². The van der Waals surface area contributed by atoms with Crippen LogP contribution in [0.3, 0.4) is 0 Å². The average molecular weight is 369 g/mol. The SMILES string of the molecule is CCc1cc(-c2ccc(CN3CCCC(O)C3)s2)c(C)[nH]c1=O.Cl. The Bertz CT molecular complexity index is 741. The molecule has 0 saturated carbocycles. The lowest BCUT2D eigenvalue weighted by Crippen LogP contribution is -2.37. The van der Waals surface area contributed by atoms with Crippen molar-refractivity contribution in [1.82, 2.24) is 9.88 Å². The summed E-state index contributed by atoms with van der Waals surface area (Å²) in [5.74, 6) is 0. The lowest BCUT2D eigenvalue weighted by molar-refractivity contribution is 0.0673. The number of hydrogen-bond donors (Lipinski definition) is 2. The molecule has 24 heavy (non-hydrogen) atoms. The molecule has 0 aliphatic carbocycles. The van der Waals surface area contributed by atoms with Crippen molar-refractivity contribution in [2.45, 2.75) is 45.8 Å². The van der Waals surface area contributed by atoms with Crippen molar-refractivity contribution >= 4 is 23.7 Å². The van der Waals surface area contributed by atoms with Crippen LogP contribution in [0.4, 0.5) is 0 Å². The molecule has 3 rings (SSSR count). The van der Waals surface area contributed by atoms with Crippen molar-refractivity contribution in [3.05, 3.63) is 44.7 Å². The van der Waals surface area contributed by atoms with E-state index in [0.29, 0.717) is 0 Å². The number of halogens is 1. The molecular formula is C18H25ClN2O2S. The quantitative estimate of drug-likeness (QED) is 0.870. The molecule has 1 atom stereocenters. The zero-order valence-electron chi connectivity index (χ0n) is 14.2. The first kappa shape index (κ1) is 19.2. The van der Waals surface area contributed by atoms with Crippen LogP contribution >= 0.6 is 23.7 Å². The number of likely N-dealkylation sites (tertiary alicyclic amines) is 1. The molecule has 6 heteroatoms. The summed E-state index contributed by atoms with van der Waals surface area (Å²) in [6, 6.07) is 6.33. The third-order valence-corrected chi connectivity index (χ3v) is 5.59. The molecule has 2 aromatic heterocycles. The number of aryl methyl sites for hydroxylation is 2. The largest absolute Gasteiger partial charge is 0.392 e. The predicted molar refractivity (Wildman–Crippen MR) is 102 cm³/mol. The summed E-state index contributed by atoms with van der Waals surface area (Å²) in [5, 5.41) is 9.79. The third-order valence-electron chi connectivity index (χ3n) is 4.48. The monoisotopic (exact) mass is 368 g/mol. The van der Waals surface area contributed by atoms with Gasteiger partial charge < -0.3 is 10.1 Å². The highest BCUT2D eigenvalue weighted by Gasteiger charge is 2.18. The Balaban J connectivity index is 0.00000208. The van der Waals surface area contributed by atoms with Gasteiger partial charge in [-0.2, -0.15) is 0 Å². The molecule has 1 saturated heterocycles. The van der Waals surface area contributed by atoms with Gasteiger partial charge in [-0.05, 0) is 50.9 Å². The van der Waals surface area contributed by atoms with E-state index in [-0.39, 0.29) is 24.1 Å². The lowest BCUT2D eigenvalue weighted by atomic mass is 10.1. The summed E-state index contributed by atoms with van der Waals surface area (Å²) in [4.78, 5) is 19.7. The number of aromatic nitrogens is 1. The van der Waals surface area contributed by atoms with Crippen molar-refractivity contribution < 1.29 is 5.11 Å². The van der Waals surface area contributed by atoms with E-state index in [1.807, 2.05) is 19.9 Å². The van der Waals surface area contributed by atoms with Gasteiger partial charge in [0.05, 0.1) is 6.10 Å². The zero-order valence-corrected chi connectivity index (χ0v) is 15.8. The number of nitrogens with one attached hydrogen (secondary N) is 1. The first-order valence-electron chi connectivity index (χ1n) is 8.29. The second-order valence-corrected chi connectivity index (χ2v) is 7.48. The lowest BCUT2D eigenvalue weighted by Gasteiger charge is -2.29. The maximum atomic E-state index is 11.9. The van der Waals surface area contributed by atoms with Gasteiger partial charge in [-0.1, -0.05) is 6.92 Å². The number of hydrogen-bond acceptors (Lipinski definition) is 4. The predicted octanol–water partition coefficient (Wildman–Crippen LogP) is 3.35. The average Bonchev–Trinajstić information content (AvgIpc) is 2.95. The molecule has 0 amide bonds. The second kappa shape index (κ2) is 8.30. The van der Waals surface area contributed by atoms with Crippen molar-refractivity contribution in [3.63, 3.8) is 0 Å². The number of β-amino-alcohol motifs (C(OH)–C–C–N with tert-alkyl or cyclic N) is 1. The molecule has 2 aromatic rings. The Morgan fingerprint density at radius 1 is 1.42 bits per heavy atom. The number of rotatable bonds is 4. The summed E-state index contributed by atoms with van der Waals surface area (Å²) in [5.41, 5.74) is 2.90. The van der Waals surface area contributed by atoms with Crippen LogP contribution in [0.1, 0.15) is 35.9 Å². The zero-order chi connectivity index (χ0) is 16.4. The van der Waals surface area contributed by atoms with Gasteiger partial charge in [0.2, 0.25) is 0 Å². The van der Waals surface area contributed by atoms with E-state index >= 15 is 0 Å². The summed E-state index contributed by atoms with van der Waals surface area (Å²) < 4.78 is 0. The van der Waals surface area contributed by atoms with E-state index in [9.17, 15) is 9.90 Å². The standard InChI is InChI=1S/C18H24N2O2S.ClH/c1-3-13-9-16(12(2)19-18(13)22)17-7-6-15(23-17)11-20-8-4-5-14(21)10-20;/h6-7,9,14,21H,3-5,8,10-11H2,1-2H3,(H,19,22);1H. The smallest absolute Gasteiger partial charge is 0.251 e. The molecule has 4 nitrogen and oxygen atoms in total. The maximum Gasteiger partial charge on any atom is 0.251 e. The number of aliphatic hydroxyl groups excluding tert-OH is 1. The first-order chi connectivity index (χ1) is 11.1. The van der Waals surface area contributed by atoms with Gasteiger partial charge in [0, 0.05) is 39.7 Å². The number of piperidine rings is 1. The van der Waals surface area contributed by atoms with Crippen molar-refractivity contribution in [2.75, 3.05) is 13.1 Å². The van der Waals surface area contributed by atoms with Gasteiger partial charge >= 0.3 is 0 Å². The highest BCUT2D eigenvalue weighted by molar-refractivity contribution is 7.15.